The molecule has 3 nitrogen and oxygen atoms in total. The van der Waals surface area contributed by atoms with Crippen molar-refractivity contribution < 1.29 is 4.39 Å². The maximum atomic E-state index is 13.6. The van der Waals surface area contributed by atoms with Gasteiger partial charge in [0.2, 0.25) is 0 Å². The van der Waals surface area contributed by atoms with E-state index in [4.69, 9.17) is 9.97 Å². The second-order valence-corrected chi connectivity index (χ2v) is 6.12. The number of aromatic nitrogens is 3. The molecule has 4 heteroatoms. The second kappa shape index (κ2) is 5.38. The van der Waals surface area contributed by atoms with E-state index in [2.05, 4.69) is 22.8 Å². The van der Waals surface area contributed by atoms with Gasteiger partial charge in [-0.05, 0) is 23.8 Å². The Morgan fingerprint density at radius 3 is 2.48 bits per heavy atom. The average molecular weight is 327 g/mol. The van der Waals surface area contributed by atoms with Crippen LogP contribution in [0.15, 0.2) is 72.8 Å². The minimum Gasteiger partial charge on any atom is -0.319 e. The molecule has 3 aromatic carbocycles. The molecule has 0 aliphatic heterocycles. The lowest BCUT2D eigenvalue weighted by atomic mass is 10.2. The minimum absolute atomic E-state index is 0.297. The zero-order valence-electron chi connectivity index (χ0n) is 13.4. The molecule has 2 aromatic heterocycles. The quantitative estimate of drug-likeness (QED) is 0.460. The van der Waals surface area contributed by atoms with Gasteiger partial charge in [0.1, 0.15) is 11.3 Å². The molecule has 5 aromatic rings. The molecular weight excluding hydrogens is 313 g/mol. The van der Waals surface area contributed by atoms with E-state index in [-0.39, 0.29) is 5.82 Å². The highest BCUT2D eigenvalue weighted by molar-refractivity contribution is 6.06. The number of rotatable bonds is 2. The Bertz CT molecular complexity index is 1230. The predicted octanol–water partition coefficient (Wildman–Crippen LogP) is 4.93. The van der Waals surface area contributed by atoms with Gasteiger partial charge in [0.05, 0.1) is 16.6 Å². The van der Waals surface area contributed by atoms with Crippen molar-refractivity contribution in [2.24, 2.45) is 0 Å². The molecule has 0 bridgehead atoms. The molecule has 0 fully saturated rings. The van der Waals surface area contributed by atoms with E-state index in [9.17, 15) is 4.39 Å². The van der Waals surface area contributed by atoms with Crippen molar-refractivity contribution >= 4 is 33.1 Å². The summed E-state index contributed by atoms with van der Waals surface area (Å²) in [6, 6.07) is 23.0. The number of hydrogen-bond donors (Lipinski definition) is 0. The Kier molecular flexibility index (Phi) is 3.04. The van der Waals surface area contributed by atoms with Crippen LogP contribution in [0.4, 0.5) is 4.39 Å². The summed E-state index contributed by atoms with van der Waals surface area (Å²) in [5, 5.41) is 1.03. The Labute approximate surface area is 143 Å². The predicted molar refractivity (Wildman–Crippen MR) is 98.0 cm³/mol. The van der Waals surface area contributed by atoms with Gasteiger partial charge in [-0.2, -0.15) is 0 Å². The molecule has 0 amide bonds. The summed E-state index contributed by atoms with van der Waals surface area (Å²) in [6.45, 7) is 0.715. The van der Waals surface area contributed by atoms with E-state index in [1.165, 1.54) is 17.7 Å². The molecule has 0 unspecified atom stereocenters. The van der Waals surface area contributed by atoms with Gasteiger partial charge >= 0.3 is 0 Å². The normalized spacial score (nSPS) is 11.6. The molecule has 2 heterocycles. The molecule has 25 heavy (non-hydrogen) atoms. The lowest BCUT2D eigenvalue weighted by Crippen LogP contribution is -2.01. The summed E-state index contributed by atoms with van der Waals surface area (Å²) >= 11 is 0. The molecule has 0 atom stereocenters. The maximum Gasteiger partial charge on any atom is 0.160 e. The molecule has 0 radical (unpaired) electrons. The highest BCUT2D eigenvalue weighted by Gasteiger charge is 2.14. The summed E-state index contributed by atoms with van der Waals surface area (Å²) < 4.78 is 15.7. The first kappa shape index (κ1) is 14.1. The molecule has 120 valence electrons. The maximum absolute atomic E-state index is 13.6. The van der Waals surface area contributed by atoms with Crippen LogP contribution < -0.4 is 0 Å². The van der Waals surface area contributed by atoms with E-state index in [1.807, 2.05) is 36.4 Å². The minimum atomic E-state index is -0.297. The van der Waals surface area contributed by atoms with Crippen LogP contribution in [0, 0.1) is 5.82 Å². The number of para-hydroxylation sites is 1. The van der Waals surface area contributed by atoms with Gasteiger partial charge in [0.15, 0.2) is 5.65 Å². The SMILES string of the molecule is Fc1ccc2nc3c(nc2c1)c1ccccc1n3Cc1ccccc1. The first-order valence-electron chi connectivity index (χ1n) is 8.18. The van der Waals surface area contributed by atoms with Crippen molar-refractivity contribution in [3.05, 3.63) is 84.2 Å². The second-order valence-electron chi connectivity index (χ2n) is 6.12. The van der Waals surface area contributed by atoms with Gasteiger partial charge in [-0.25, -0.2) is 14.4 Å². The first-order chi connectivity index (χ1) is 12.3. The van der Waals surface area contributed by atoms with Crippen LogP contribution in [-0.4, -0.2) is 14.5 Å². The van der Waals surface area contributed by atoms with E-state index < -0.39 is 0 Å². The van der Waals surface area contributed by atoms with Crippen molar-refractivity contribution in [3.8, 4) is 0 Å². The number of nitrogens with zero attached hydrogens (tertiary/aromatic N) is 3. The van der Waals surface area contributed by atoms with Gasteiger partial charge in [-0.3, -0.25) is 0 Å². The van der Waals surface area contributed by atoms with Gasteiger partial charge in [-0.15, -0.1) is 0 Å². The largest absolute Gasteiger partial charge is 0.319 e. The van der Waals surface area contributed by atoms with Crippen LogP contribution in [0.1, 0.15) is 5.56 Å². The number of halogens is 1. The molecule has 0 spiro atoms. The standard InChI is InChI=1S/C21H14FN3/c22-15-10-11-17-18(12-15)23-20-16-8-4-5-9-19(16)25(21(20)24-17)13-14-6-2-1-3-7-14/h1-12H,13H2. The van der Waals surface area contributed by atoms with Crippen LogP contribution in [0.5, 0.6) is 0 Å². The summed E-state index contributed by atoms with van der Waals surface area (Å²) in [6.07, 6.45) is 0. The van der Waals surface area contributed by atoms with Crippen LogP contribution in [0.3, 0.4) is 0 Å². The average Bonchev–Trinajstić information content (AvgIpc) is 2.94. The van der Waals surface area contributed by atoms with Crippen molar-refractivity contribution in [3.63, 3.8) is 0 Å². The third kappa shape index (κ3) is 2.26. The van der Waals surface area contributed by atoms with E-state index in [1.54, 1.807) is 6.07 Å². The molecule has 5 rings (SSSR count). The summed E-state index contributed by atoms with van der Waals surface area (Å²) in [5.41, 5.74) is 5.19. The fraction of sp³-hybridized carbons (Fsp3) is 0.0476. The molecule has 0 aliphatic rings. The molecular formula is C21H14FN3. The molecule has 0 aliphatic carbocycles. The zero-order valence-corrected chi connectivity index (χ0v) is 13.4. The third-order valence-corrected chi connectivity index (χ3v) is 4.50. The van der Waals surface area contributed by atoms with Gasteiger partial charge in [0, 0.05) is 18.0 Å². The van der Waals surface area contributed by atoms with Crippen LogP contribution in [-0.2, 0) is 6.54 Å². The Balaban J connectivity index is 1.86. The number of benzene rings is 3. The molecule has 0 N–H and O–H groups in total. The van der Waals surface area contributed by atoms with Crippen molar-refractivity contribution in [2.75, 3.05) is 0 Å². The molecule has 0 saturated carbocycles. The number of hydrogen-bond acceptors (Lipinski definition) is 2. The summed E-state index contributed by atoms with van der Waals surface area (Å²) in [5.74, 6) is -0.297. The zero-order chi connectivity index (χ0) is 16.8. The third-order valence-electron chi connectivity index (χ3n) is 4.50. The topological polar surface area (TPSA) is 30.7 Å². The Morgan fingerprint density at radius 1 is 0.800 bits per heavy atom. The van der Waals surface area contributed by atoms with Crippen molar-refractivity contribution in [1.29, 1.82) is 0 Å². The van der Waals surface area contributed by atoms with Crippen LogP contribution in [0.25, 0.3) is 33.1 Å². The number of fused-ring (bicyclic) bond motifs is 4. The van der Waals surface area contributed by atoms with E-state index >= 15 is 0 Å². The highest BCUT2D eigenvalue weighted by Crippen LogP contribution is 2.29. The lowest BCUT2D eigenvalue weighted by molar-refractivity contribution is 0.629. The fourth-order valence-corrected chi connectivity index (χ4v) is 3.34. The van der Waals surface area contributed by atoms with Crippen molar-refractivity contribution in [1.82, 2.24) is 14.5 Å². The van der Waals surface area contributed by atoms with Gasteiger partial charge in [-0.1, -0.05) is 48.5 Å². The van der Waals surface area contributed by atoms with Gasteiger partial charge in [0.25, 0.3) is 0 Å². The Hall–Kier alpha value is -3.27. The van der Waals surface area contributed by atoms with E-state index in [0.717, 1.165) is 22.1 Å². The van der Waals surface area contributed by atoms with Crippen molar-refractivity contribution in [2.45, 2.75) is 6.54 Å². The fourth-order valence-electron chi connectivity index (χ4n) is 3.34. The smallest absolute Gasteiger partial charge is 0.160 e. The van der Waals surface area contributed by atoms with Crippen LogP contribution in [0.2, 0.25) is 0 Å². The van der Waals surface area contributed by atoms with Gasteiger partial charge < -0.3 is 4.57 Å². The Morgan fingerprint density at radius 2 is 1.60 bits per heavy atom. The monoisotopic (exact) mass is 327 g/mol. The van der Waals surface area contributed by atoms with Crippen LogP contribution >= 0.6 is 0 Å². The summed E-state index contributed by atoms with van der Waals surface area (Å²) in [4.78, 5) is 9.49. The summed E-state index contributed by atoms with van der Waals surface area (Å²) in [7, 11) is 0. The lowest BCUT2D eigenvalue weighted by Gasteiger charge is -2.07. The molecule has 0 saturated heterocycles. The first-order valence-corrected chi connectivity index (χ1v) is 8.18. The highest BCUT2D eigenvalue weighted by atomic mass is 19.1. The van der Waals surface area contributed by atoms with E-state index in [0.29, 0.717) is 17.6 Å².